The van der Waals surface area contributed by atoms with E-state index in [1.807, 2.05) is 19.1 Å². The van der Waals surface area contributed by atoms with Gasteiger partial charge in [0.2, 0.25) is 5.91 Å². The molecule has 6 heteroatoms. The van der Waals surface area contributed by atoms with Gasteiger partial charge in [0.05, 0.1) is 6.04 Å². The maximum Gasteiger partial charge on any atom is 0.256 e. The highest BCUT2D eigenvalue weighted by atomic mass is 19.1. The third-order valence-corrected chi connectivity index (χ3v) is 4.27. The first kappa shape index (κ1) is 17.1. The van der Waals surface area contributed by atoms with E-state index in [1.54, 1.807) is 31.3 Å². The molecular weight excluding hydrogens is 323 g/mol. The highest BCUT2D eigenvalue weighted by Gasteiger charge is 2.40. The lowest BCUT2D eigenvalue weighted by atomic mass is 9.97. The van der Waals surface area contributed by atoms with Crippen LogP contribution in [-0.4, -0.2) is 36.5 Å². The standard InChI is InChI=1S/C19H19FN2O3/c1-12-3-9-15(10-4-12)21-19(24)18-17(22(2)16(23)11-25-18)13-5-7-14(20)8-6-13/h3-10,17-18H,11H2,1-2H3,(H,21,24)/t17-,18+/m1/s1. The summed E-state index contributed by atoms with van der Waals surface area (Å²) >= 11 is 0. The molecule has 130 valence electrons. The summed E-state index contributed by atoms with van der Waals surface area (Å²) in [6.45, 7) is 1.79. The number of ether oxygens (including phenoxy) is 1. The van der Waals surface area contributed by atoms with Gasteiger partial charge in [-0.3, -0.25) is 9.59 Å². The molecule has 2 aromatic carbocycles. The first-order valence-electron chi connectivity index (χ1n) is 7.96. The van der Waals surface area contributed by atoms with E-state index in [0.717, 1.165) is 5.56 Å². The van der Waals surface area contributed by atoms with Crippen molar-refractivity contribution < 1.29 is 18.7 Å². The molecule has 0 aliphatic carbocycles. The monoisotopic (exact) mass is 342 g/mol. The Balaban J connectivity index is 1.85. The van der Waals surface area contributed by atoms with E-state index in [1.165, 1.54) is 17.0 Å². The molecule has 0 aromatic heterocycles. The third-order valence-electron chi connectivity index (χ3n) is 4.27. The van der Waals surface area contributed by atoms with Gasteiger partial charge < -0.3 is 15.0 Å². The largest absolute Gasteiger partial charge is 0.356 e. The Hall–Kier alpha value is -2.73. The van der Waals surface area contributed by atoms with Crippen LogP contribution in [0.25, 0.3) is 0 Å². The van der Waals surface area contributed by atoms with Gasteiger partial charge in [-0.25, -0.2) is 4.39 Å². The topological polar surface area (TPSA) is 58.6 Å². The lowest BCUT2D eigenvalue weighted by molar-refractivity contribution is -0.160. The number of rotatable bonds is 3. The minimum absolute atomic E-state index is 0.166. The van der Waals surface area contributed by atoms with Crippen LogP contribution in [0, 0.1) is 12.7 Å². The number of halogens is 1. The molecule has 1 aliphatic rings. The summed E-state index contributed by atoms with van der Waals surface area (Å²) in [5, 5.41) is 2.81. The van der Waals surface area contributed by atoms with Crippen LogP contribution in [0.15, 0.2) is 48.5 Å². The number of likely N-dealkylation sites (N-methyl/N-ethyl adjacent to an activating group) is 1. The predicted molar refractivity (Wildman–Crippen MR) is 91.5 cm³/mol. The van der Waals surface area contributed by atoms with Crippen molar-refractivity contribution >= 4 is 17.5 Å². The molecule has 3 rings (SSSR count). The van der Waals surface area contributed by atoms with Crippen molar-refractivity contribution in [3.8, 4) is 0 Å². The predicted octanol–water partition coefficient (Wildman–Crippen LogP) is 2.67. The highest BCUT2D eigenvalue weighted by Crippen LogP contribution is 2.30. The van der Waals surface area contributed by atoms with E-state index >= 15 is 0 Å². The zero-order chi connectivity index (χ0) is 18.0. The quantitative estimate of drug-likeness (QED) is 0.933. The summed E-state index contributed by atoms with van der Waals surface area (Å²) in [6.07, 6.45) is -0.880. The molecular formula is C19H19FN2O3. The number of anilines is 1. The zero-order valence-corrected chi connectivity index (χ0v) is 14.0. The zero-order valence-electron chi connectivity index (χ0n) is 14.0. The Morgan fingerprint density at radius 2 is 1.80 bits per heavy atom. The molecule has 0 bridgehead atoms. The number of hydrogen-bond acceptors (Lipinski definition) is 3. The smallest absolute Gasteiger partial charge is 0.256 e. The Kier molecular flexibility index (Phi) is 4.81. The maximum atomic E-state index is 13.2. The average Bonchev–Trinajstić information content (AvgIpc) is 2.60. The van der Waals surface area contributed by atoms with Crippen LogP contribution in [0.2, 0.25) is 0 Å². The highest BCUT2D eigenvalue weighted by molar-refractivity contribution is 5.96. The van der Waals surface area contributed by atoms with E-state index in [0.29, 0.717) is 11.3 Å². The molecule has 1 aliphatic heterocycles. The van der Waals surface area contributed by atoms with E-state index in [9.17, 15) is 14.0 Å². The minimum atomic E-state index is -0.880. The fourth-order valence-corrected chi connectivity index (χ4v) is 2.84. The first-order valence-corrected chi connectivity index (χ1v) is 7.96. The number of benzene rings is 2. The van der Waals surface area contributed by atoms with Crippen LogP contribution in [0.4, 0.5) is 10.1 Å². The normalized spacial score (nSPS) is 20.4. The number of morpholine rings is 1. The molecule has 1 N–H and O–H groups in total. The first-order chi connectivity index (χ1) is 12.0. The molecule has 0 saturated carbocycles. The lowest BCUT2D eigenvalue weighted by Gasteiger charge is -2.38. The Morgan fingerprint density at radius 3 is 2.44 bits per heavy atom. The van der Waals surface area contributed by atoms with Gasteiger partial charge in [-0.2, -0.15) is 0 Å². The summed E-state index contributed by atoms with van der Waals surface area (Å²) < 4.78 is 18.7. The number of aryl methyl sites for hydroxylation is 1. The number of hydrogen-bond donors (Lipinski definition) is 1. The lowest BCUT2D eigenvalue weighted by Crippen LogP contribution is -2.51. The van der Waals surface area contributed by atoms with Crippen molar-refractivity contribution in [3.63, 3.8) is 0 Å². The van der Waals surface area contributed by atoms with E-state index < -0.39 is 12.1 Å². The number of carbonyl (C=O) groups excluding carboxylic acids is 2. The fraction of sp³-hybridized carbons (Fsp3) is 0.263. The van der Waals surface area contributed by atoms with Crippen LogP contribution in [0.3, 0.4) is 0 Å². The molecule has 2 aromatic rings. The molecule has 5 nitrogen and oxygen atoms in total. The number of carbonyl (C=O) groups is 2. The Labute approximate surface area is 145 Å². The van der Waals surface area contributed by atoms with Crippen LogP contribution >= 0.6 is 0 Å². The van der Waals surface area contributed by atoms with E-state index in [4.69, 9.17) is 4.74 Å². The number of nitrogens with one attached hydrogen (secondary N) is 1. The van der Waals surface area contributed by atoms with Gasteiger partial charge in [0, 0.05) is 12.7 Å². The summed E-state index contributed by atoms with van der Waals surface area (Å²) in [6, 6.07) is 12.5. The molecule has 2 atom stereocenters. The average molecular weight is 342 g/mol. The number of amides is 2. The van der Waals surface area contributed by atoms with Crippen molar-refractivity contribution in [3.05, 3.63) is 65.5 Å². The molecule has 1 fully saturated rings. The molecule has 0 spiro atoms. The molecule has 25 heavy (non-hydrogen) atoms. The minimum Gasteiger partial charge on any atom is -0.356 e. The third kappa shape index (κ3) is 3.69. The van der Waals surface area contributed by atoms with E-state index in [2.05, 4.69) is 5.32 Å². The van der Waals surface area contributed by atoms with Gasteiger partial charge in [-0.05, 0) is 36.8 Å². The van der Waals surface area contributed by atoms with Gasteiger partial charge >= 0.3 is 0 Å². The molecule has 0 radical (unpaired) electrons. The second-order valence-corrected chi connectivity index (χ2v) is 6.09. The van der Waals surface area contributed by atoms with Crippen molar-refractivity contribution in [2.75, 3.05) is 19.0 Å². The molecule has 1 heterocycles. The van der Waals surface area contributed by atoms with Crippen LogP contribution in [0.1, 0.15) is 17.2 Å². The van der Waals surface area contributed by atoms with Crippen molar-refractivity contribution in [2.24, 2.45) is 0 Å². The second-order valence-electron chi connectivity index (χ2n) is 6.09. The van der Waals surface area contributed by atoms with Crippen LogP contribution in [0.5, 0.6) is 0 Å². The van der Waals surface area contributed by atoms with Gasteiger partial charge in [-0.15, -0.1) is 0 Å². The summed E-state index contributed by atoms with van der Waals surface area (Å²) in [5.74, 6) is -0.957. The molecule has 0 unspecified atom stereocenters. The van der Waals surface area contributed by atoms with Gasteiger partial charge in [0.25, 0.3) is 5.91 Å². The summed E-state index contributed by atoms with van der Waals surface area (Å²) in [4.78, 5) is 26.2. The van der Waals surface area contributed by atoms with Gasteiger partial charge in [-0.1, -0.05) is 29.8 Å². The van der Waals surface area contributed by atoms with Crippen LogP contribution < -0.4 is 5.32 Å². The summed E-state index contributed by atoms with van der Waals surface area (Å²) in [5.41, 5.74) is 2.37. The molecule has 1 saturated heterocycles. The van der Waals surface area contributed by atoms with Crippen molar-refractivity contribution in [1.82, 2.24) is 4.90 Å². The van der Waals surface area contributed by atoms with Crippen molar-refractivity contribution in [2.45, 2.75) is 19.1 Å². The molecule has 2 amide bonds. The van der Waals surface area contributed by atoms with Gasteiger partial charge in [0.15, 0.2) is 6.10 Å². The van der Waals surface area contributed by atoms with E-state index in [-0.39, 0.29) is 24.2 Å². The van der Waals surface area contributed by atoms with Crippen LogP contribution in [-0.2, 0) is 14.3 Å². The summed E-state index contributed by atoms with van der Waals surface area (Å²) in [7, 11) is 1.62. The van der Waals surface area contributed by atoms with Crippen molar-refractivity contribution in [1.29, 1.82) is 0 Å². The second kappa shape index (κ2) is 7.03. The fourth-order valence-electron chi connectivity index (χ4n) is 2.84. The maximum absolute atomic E-state index is 13.2. The Bertz CT molecular complexity index is 774. The number of nitrogens with zero attached hydrogens (tertiary/aromatic N) is 1. The Morgan fingerprint density at radius 1 is 1.16 bits per heavy atom. The van der Waals surface area contributed by atoms with Gasteiger partial charge in [0.1, 0.15) is 12.4 Å². The SMILES string of the molecule is Cc1ccc(NC(=O)[C@H]2OCC(=O)N(C)[C@@H]2c2ccc(F)cc2)cc1.